The SMILES string of the molecule is CC(CN)(NC(=O)c1csc(-c2ccccc2)n1)C1CC1.Cl.Cl. The normalized spacial score (nSPS) is 15.7. The number of nitrogens with zero attached hydrogens (tertiary/aromatic N) is 1. The summed E-state index contributed by atoms with van der Waals surface area (Å²) in [5, 5.41) is 5.74. The van der Waals surface area contributed by atoms with Crippen molar-refractivity contribution < 1.29 is 4.79 Å². The largest absolute Gasteiger partial charge is 0.344 e. The van der Waals surface area contributed by atoms with Crippen molar-refractivity contribution in [1.29, 1.82) is 0 Å². The Bertz CT molecular complexity index is 646. The first-order valence-corrected chi connectivity index (χ1v) is 8.04. The van der Waals surface area contributed by atoms with Gasteiger partial charge in [0.2, 0.25) is 0 Å². The van der Waals surface area contributed by atoms with Crippen LogP contribution in [0.25, 0.3) is 10.6 Å². The predicted octanol–water partition coefficient (Wildman–Crippen LogP) is 3.51. The van der Waals surface area contributed by atoms with Gasteiger partial charge in [0.05, 0.1) is 5.54 Å². The van der Waals surface area contributed by atoms with Crippen molar-refractivity contribution in [3.63, 3.8) is 0 Å². The minimum atomic E-state index is -0.312. The Morgan fingerprint density at radius 1 is 1.35 bits per heavy atom. The number of aromatic nitrogens is 1. The van der Waals surface area contributed by atoms with E-state index < -0.39 is 0 Å². The first-order valence-electron chi connectivity index (χ1n) is 7.16. The summed E-state index contributed by atoms with van der Waals surface area (Å²) in [5.74, 6) is 0.368. The summed E-state index contributed by atoms with van der Waals surface area (Å²) in [6.07, 6.45) is 2.28. The summed E-state index contributed by atoms with van der Waals surface area (Å²) >= 11 is 1.49. The number of amides is 1. The Kier molecular flexibility index (Phi) is 7.02. The number of rotatable bonds is 5. The van der Waals surface area contributed by atoms with Crippen LogP contribution in [0.2, 0.25) is 0 Å². The number of nitrogens with two attached hydrogens (primary N) is 1. The number of thiazole rings is 1. The molecular formula is C16H21Cl2N3OS. The number of carbonyl (C=O) groups is 1. The van der Waals surface area contributed by atoms with E-state index in [4.69, 9.17) is 5.73 Å². The molecule has 0 radical (unpaired) electrons. The van der Waals surface area contributed by atoms with Gasteiger partial charge in [0.25, 0.3) is 5.91 Å². The van der Waals surface area contributed by atoms with Gasteiger partial charge in [0.15, 0.2) is 0 Å². The molecule has 1 heterocycles. The van der Waals surface area contributed by atoms with E-state index in [2.05, 4.69) is 10.3 Å². The molecule has 3 N–H and O–H groups in total. The number of benzene rings is 1. The summed E-state index contributed by atoms with van der Waals surface area (Å²) in [4.78, 5) is 16.8. The third-order valence-electron chi connectivity index (χ3n) is 4.06. The number of hydrogen-bond donors (Lipinski definition) is 2. The van der Waals surface area contributed by atoms with Crippen LogP contribution < -0.4 is 11.1 Å². The van der Waals surface area contributed by atoms with Gasteiger partial charge in [-0.1, -0.05) is 30.3 Å². The highest BCUT2D eigenvalue weighted by Crippen LogP contribution is 2.39. The summed E-state index contributed by atoms with van der Waals surface area (Å²) < 4.78 is 0. The van der Waals surface area contributed by atoms with Crippen molar-refractivity contribution in [3.8, 4) is 10.6 Å². The molecule has 1 aromatic heterocycles. The van der Waals surface area contributed by atoms with Crippen LogP contribution in [0.3, 0.4) is 0 Å². The lowest BCUT2D eigenvalue weighted by Gasteiger charge is -2.29. The van der Waals surface area contributed by atoms with E-state index in [9.17, 15) is 4.79 Å². The molecule has 1 aliphatic carbocycles. The molecule has 126 valence electrons. The molecule has 23 heavy (non-hydrogen) atoms. The number of carbonyl (C=O) groups excluding carboxylic acids is 1. The summed E-state index contributed by atoms with van der Waals surface area (Å²) in [5.41, 5.74) is 7.03. The first-order chi connectivity index (χ1) is 10.1. The van der Waals surface area contributed by atoms with Crippen LogP contribution in [-0.4, -0.2) is 23.0 Å². The zero-order valence-corrected chi connectivity index (χ0v) is 15.3. The number of nitrogens with one attached hydrogen (secondary N) is 1. The monoisotopic (exact) mass is 373 g/mol. The van der Waals surface area contributed by atoms with Crippen LogP contribution in [0.4, 0.5) is 0 Å². The maximum absolute atomic E-state index is 12.4. The number of hydrogen-bond acceptors (Lipinski definition) is 4. The molecule has 2 aromatic rings. The van der Waals surface area contributed by atoms with Gasteiger partial charge in [0, 0.05) is 17.5 Å². The van der Waals surface area contributed by atoms with E-state index in [1.54, 1.807) is 0 Å². The second-order valence-corrected chi connectivity index (χ2v) is 6.61. The molecule has 7 heteroatoms. The Balaban J connectivity index is 0.00000132. The van der Waals surface area contributed by atoms with Crippen molar-refractivity contribution in [2.24, 2.45) is 11.7 Å². The standard InChI is InChI=1S/C16H19N3OS.2ClH/c1-16(10-17,12-7-8-12)19-14(20)13-9-21-15(18-13)11-5-3-2-4-6-11;;/h2-6,9,12H,7-8,10,17H2,1H3,(H,19,20);2*1H. The van der Waals surface area contributed by atoms with Gasteiger partial charge < -0.3 is 11.1 Å². The van der Waals surface area contributed by atoms with E-state index >= 15 is 0 Å². The van der Waals surface area contributed by atoms with E-state index in [0.29, 0.717) is 18.2 Å². The van der Waals surface area contributed by atoms with E-state index in [1.807, 2.05) is 42.6 Å². The second-order valence-electron chi connectivity index (χ2n) is 5.75. The molecule has 1 saturated carbocycles. The van der Waals surface area contributed by atoms with E-state index in [0.717, 1.165) is 23.4 Å². The zero-order valence-electron chi connectivity index (χ0n) is 12.8. The Hall–Kier alpha value is -1.14. The number of halogens is 2. The van der Waals surface area contributed by atoms with Crippen LogP contribution in [0, 0.1) is 5.92 Å². The van der Waals surface area contributed by atoms with Gasteiger partial charge >= 0.3 is 0 Å². The lowest BCUT2D eigenvalue weighted by Crippen LogP contribution is -2.53. The van der Waals surface area contributed by atoms with Crippen molar-refractivity contribution >= 4 is 42.1 Å². The topological polar surface area (TPSA) is 68.0 Å². The molecule has 0 saturated heterocycles. The van der Waals surface area contributed by atoms with Gasteiger partial charge in [-0.2, -0.15) is 0 Å². The molecule has 3 rings (SSSR count). The summed E-state index contributed by atoms with van der Waals surface area (Å²) in [6.45, 7) is 2.48. The molecule has 1 fully saturated rings. The van der Waals surface area contributed by atoms with Crippen LogP contribution in [-0.2, 0) is 0 Å². The Morgan fingerprint density at radius 2 is 2.00 bits per heavy atom. The second kappa shape index (κ2) is 8.11. The smallest absolute Gasteiger partial charge is 0.271 e. The van der Waals surface area contributed by atoms with Gasteiger partial charge in [-0.3, -0.25) is 4.79 Å². The van der Waals surface area contributed by atoms with Gasteiger partial charge in [-0.25, -0.2) is 4.98 Å². The molecule has 0 aliphatic heterocycles. The first kappa shape index (κ1) is 19.9. The third-order valence-corrected chi connectivity index (χ3v) is 4.95. The summed E-state index contributed by atoms with van der Waals surface area (Å²) in [7, 11) is 0. The molecule has 1 aromatic carbocycles. The fourth-order valence-corrected chi connectivity index (χ4v) is 3.26. The minimum Gasteiger partial charge on any atom is -0.344 e. The third kappa shape index (κ3) is 4.44. The van der Waals surface area contributed by atoms with Crippen molar-refractivity contribution in [2.45, 2.75) is 25.3 Å². The lowest BCUT2D eigenvalue weighted by atomic mass is 9.96. The quantitative estimate of drug-likeness (QED) is 0.842. The van der Waals surface area contributed by atoms with E-state index in [1.165, 1.54) is 11.3 Å². The van der Waals surface area contributed by atoms with Crippen LogP contribution in [0.1, 0.15) is 30.3 Å². The predicted molar refractivity (Wildman–Crippen MR) is 99.7 cm³/mol. The fraction of sp³-hybridized carbons (Fsp3) is 0.375. The average molecular weight is 374 g/mol. The van der Waals surface area contributed by atoms with Crippen LogP contribution in [0.15, 0.2) is 35.7 Å². The van der Waals surface area contributed by atoms with Crippen molar-refractivity contribution in [1.82, 2.24) is 10.3 Å². The molecule has 1 unspecified atom stereocenters. The van der Waals surface area contributed by atoms with Gasteiger partial charge in [-0.05, 0) is 25.7 Å². The highest BCUT2D eigenvalue weighted by molar-refractivity contribution is 7.13. The lowest BCUT2D eigenvalue weighted by molar-refractivity contribution is 0.0893. The van der Waals surface area contributed by atoms with Gasteiger partial charge in [0.1, 0.15) is 10.7 Å². The highest BCUT2D eigenvalue weighted by Gasteiger charge is 2.41. The molecule has 1 aliphatic rings. The molecule has 0 spiro atoms. The summed E-state index contributed by atoms with van der Waals surface area (Å²) in [6, 6.07) is 9.89. The fourth-order valence-electron chi connectivity index (χ4n) is 2.45. The molecule has 0 bridgehead atoms. The maximum atomic E-state index is 12.4. The van der Waals surface area contributed by atoms with Crippen LogP contribution in [0.5, 0.6) is 0 Å². The highest BCUT2D eigenvalue weighted by atomic mass is 35.5. The van der Waals surface area contributed by atoms with Crippen molar-refractivity contribution in [3.05, 3.63) is 41.4 Å². The molecular weight excluding hydrogens is 353 g/mol. The van der Waals surface area contributed by atoms with Crippen LogP contribution >= 0.6 is 36.2 Å². The zero-order chi connectivity index (χ0) is 14.9. The Morgan fingerprint density at radius 3 is 2.57 bits per heavy atom. The molecule has 1 atom stereocenters. The van der Waals surface area contributed by atoms with E-state index in [-0.39, 0.29) is 36.3 Å². The maximum Gasteiger partial charge on any atom is 0.271 e. The van der Waals surface area contributed by atoms with Crippen molar-refractivity contribution in [2.75, 3.05) is 6.54 Å². The molecule has 1 amide bonds. The molecule has 4 nitrogen and oxygen atoms in total. The average Bonchev–Trinajstić information content (AvgIpc) is 3.26. The minimum absolute atomic E-state index is 0. The Labute approximate surface area is 152 Å². The van der Waals surface area contributed by atoms with Gasteiger partial charge in [-0.15, -0.1) is 36.2 Å².